The molecule has 25 heavy (non-hydrogen) atoms. The van der Waals surface area contributed by atoms with Crippen LogP contribution in [0.2, 0.25) is 0 Å². The third-order valence-corrected chi connectivity index (χ3v) is 5.33. The number of hydrogen-bond acceptors (Lipinski definition) is 3. The lowest BCUT2D eigenvalue weighted by atomic mass is 10.0. The summed E-state index contributed by atoms with van der Waals surface area (Å²) in [6.45, 7) is 3.81. The van der Waals surface area contributed by atoms with Crippen molar-refractivity contribution in [2.24, 2.45) is 7.05 Å². The molecular weight excluding hydrogens is 314 g/mol. The third-order valence-electron chi connectivity index (χ3n) is 5.33. The smallest absolute Gasteiger partial charge is 0.271 e. The Bertz CT molecular complexity index is 779. The van der Waals surface area contributed by atoms with Crippen LogP contribution >= 0.6 is 0 Å². The number of piperidine rings is 1. The Kier molecular flexibility index (Phi) is 5.04. The van der Waals surface area contributed by atoms with Gasteiger partial charge in [0.1, 0.15) is 11.4 Å². The number of carbonyl (C=O) groups is 1. The van der Waals surface area contributed by atoms with Gasteiger partial charge in [-0.1, -0.05) is 0 Å². The van der Waals surface area contributed by atoms with Gasteiger partial charge in [0.2, 0.25) is 0 Å². The quantitative estimate of drug-likeness (QED) is 0.856. The number of ether oxygens (including phenoxy) is 1. The molecule has 5 nitrogen and oxygen atoms in total. The van der Waals surface area contributed by atoms with Gasteiger partial charge in [0.05, 0.1) is 7.11 Å². The fourth-order valence-corrected chi connectivity index (χ4v) is 4.05. The van der Waals surface area contributed by atoms with E-state index >= 15 is 0 Å². The summed E-state index contributed by atoms with van der Waals surface area (Å²) in [5.41, 5.74) is 2.91. The number of rotatable bonds is 4. The van der Waals surface area contributed by atoms with Crippen LogP contribution in [-0.4, -0.2) is 60.6 Å². The molecule has 1 aromatic heterocycles. The van der Waals surface area contributed by atoms with Crippen LogP contribution in [0.4, 0.5) is 0 Å². The van der Waals surface area contributed by atoms with Gasteiger partial charge in [-0.05, 0) is 64.0 Å². The number of carbonyl (C=O) groups excluding carboxylic acids is 1. The number of aryl methyl sites for hydroxylation is 2. The molecule has 0 saturated carbocycles. The van der Waals surface area contributed by atoms with E-state index in [0.29, 0.717) is 6.04 Å². The van der Waals surface area contributed by atoms with Crippen LogP contribution in [0, 0.1) is 6.92 Å². The number of aromatic nitrogens is 1. The summed E-state index contributed by atoms with van der Waals surface area (Å²) in [7, 11) is 7.81. The van der Waals surface area contributed by atoms with Gasteiger partial charge in [-0.25, -0.2) is 0 Å². The molecule has 3 rings (SSSR count). The molecule has 1 aromatic carbocycles. The Morgan fingerprint density at radius 1 is 1.32 bits per heavy atom. The molecule has 1 amide bonds. The molecule has 2 heterocycles. The van der Waals surface area contributed by atoms with E-state index < -0.39 is 0 Å². The van der Waals surface area contributed by atoms with Crippen LogP contribution in [0.15, 0.2) is 18.2 Å². The zero-order chi connectivity index (χ0) is 18.1. The van der Waals surface area contributed by atoms with Gasteiger partial charge in [0, 0.05) is 37.1 Å². The van der Waals surface area contributed by atoms with Crippen molar-refractivity contribution in [3.8, 4) is 5.75 Å². The first kappa shape index (κ1) is 17.8. The van der Waals surface area contributed by atoms with Crippen LogP contribution in [0.5, 0.6) is 5.75 Å². The zero-order valence-corrected chi connectivity index (χ0v) is 16.0. The third kappa shape index (κ3) is 3.25. The number of methoxy groups -OCH3 is 1. The second-order valence-electron chi connectivity index (χ2n) is 7.33. The molecule has 1 fully saturated rings. The fraction of sp³-hybridized carbons (Fsp3) is 0.550. The van der Waals surface area contributed by atoms with E-state index in [2.05, 4.69) is 23.9 Å². The molecule has 1 aliphatic heterocycles. The van der Waals surface area contributed by atoms with Crippen molar-refractivity contribution in [2.45, 2.75) is 32.2 Å². The van der Waals surface area contributed by atoms with Crippen molar-refractivity contribution >= 4 is 16.8 Å². The van der Waals surface area contributed by atoms with Crippen LogP contribution < -0.4 is 4.74 Å². The van der Waals surface area contributed by atoms with E-state index in [1.807, 2.05) is 36.7 Å². The largest absolute Gasteiger partial charge is 0.497 e. The lowest BCUT2D eigenvalue weighted by Gasteiger charge is -2.37. The van der Waals surface area contributed by atoms with E-state index in [-0.39, 0.29) is 5.91 Å². The highest BCUT2D eigenvalue weighted by molar-refractivity contribution is 6.02. The predicted molar refractivity (Wildman–Crippen MR) is 101 cm³/mol. The van der Waals surface area contributed by atoms with Gasteiger partial charge in [-0.3, -0.25) is 4.79 Å². The minimum atomic E-state index is 0.154. The monoisotopic (exact) mass is 343 g/mol. The number of likely N-dealkylation sites (N-methyl/N-ethyl adjacent to an activating group) is 1. The molecule has 0 radical (unpaired) electrons. The highest BCUT2D eigenvalue weighted by Gasteiger charge is 2.31. The Morgan fingerprint density at radius 2 is 2.08 bits per heavy atom. The second-order valence-corrected chi connectivity index (χ2v) is 7.33. The molecule has 0 N–H and O–H groups in total. The SMILES string of the molecule is COc1ccc2c(c1)c(C)c(C(=O)N1CCCC[C@H]1CN(C)C)n2C. The standard InChI is InChI=1S/C20H29N3O2/c1-14-17-12-16(25-5)9-10-18(17)22(4)19(14)20(24)23-11-7-6-8-15(23)13-21(2)3/h9-10,12,15H,6-8,11,13H2,1-5H3/t15-/m0/s1. The van der Waals surface area contributed by atoms with Gasteiger partial charge in [0.15, 0.2) is 0 Å². The number of fused-ring (bicyclic) bond motifs is 1. The summed E-state index contributed by atoms with van der Waals surface area (Å²) in [5, 5.41) is 1.09. The molecule has 1 aliphatic rings. The maximum atomic E-state index is 13.4. The molecule has 1 atom stereocenters. The van der Waals surface area contributed by atoms with E-state index in [1.54, 1.807) is 7.11 Å². The molecule has 5 heteroatoms. The maximum Gasteiger partial charge on any atom is 0.271 e. The summed E-state index contributed by atoms with van der Waals surface area (Å²) >= 11 is 0. The van der Waals surface area contributed by atoms with Crippen molar-refractivity contribution < 1.29 is 9.53 Å². The number of nitrogens with zero attached hydrogens (tertiary/aromatic N) is 3. The molecule has 0 unspecified atom stereocenters. The number of amides is 1. The minimum absolute atomic E-state index is 0.154. The molecule has 0 bridgehead atoms. The first-order valence-corrected chi connectivity index (χ1v) is 9.02. The Hall–Kier alpha value is -2.01. The molecular formula is C20H29N3O2. The van der Waals surface area contributed by atoms with Crippen LogP contribution in [0.1, 0.15) is 35.3 Å². The van der Waals surface area contributed by atoms with Crippen molar-refractivity contribution in [3.63, 3.8) is 0 Å². The van der Waals surface area contributed by atoms with Crippen molar-refractivity contribution in [2.75, 3.05) is 34.3 Å². The Balaban J connectivity index is 2.01. The van der Waals surface area contributed by atoms with Gasteiger partial charge < -0.3 is 19.1 Å². The molecule has 2 aromatic rings. The first-order chi connectivity index (χ1) is 11.9. The average Bonchev–Trinajstić information content (AvgIpc) is 2.84. The normalized spacial score (nSPS) is 18.2. The summed E-state index contributed by atoms with van der Waals surface area (Å²) < 4.78 is 7.39. The van der Waals surface area contributed by atoms with Gasteiger partial charge in [-0.15, -0.1) is 0 Å². The summed E-state index contributed by atoms with van der Waals surface area (Å²) in [6, 6.07) is 6.30. The summed E-state index contributed by atoms with van der Waals surface area (Å²) in [4.78, 5) is 17.7. The second kappa shape index (κ2) is 7.08. The molecule has 1 saturated heterocycles. The van der Waals surface area contributed by atoms with Crippen LogP contribution in [0.3, 0.4) is 0 Å². The maximum absolute atomic E-state index is 13.4. The zero-order valence-electron chi connectivity index (χ0n) is 16.0. The first-order valence-electron chi connectivity index (χ1n) is 9.02. The fourth-order valence-electron chi connectivity index (χ4n) is 4.05. The van der Waals surface area contributed by atoms with Crippen molar-refractivity contribution in [1.82, 2.24) is 14.4 Å². The molecule has 0 spiro atoms. The number of hydrogen-bond donors (Lipinski definition) is 0. The predicted octanol–water partition coefficient (Wildman–Crippen LogP) is 3.05. The van der Waals surface area contributed by atoms with Crippen molar-refractivity contribution in [3.05, 3.63) is 29.5 Å². The van der Waals surface area contributed by atoms with Gasteiger partial charge in [-0.2, -0.15) is 0 Å². The lowest BCUT2D eigenvalue weighted by Crippen LogP contribution is -2.48. The highest BCUT2D eigenvalue weighted by atomic mass is 16.5. The Labute approximate surface area is 150 Å². The highest BCUT2D eigenvalue weighted by Crippen LogP contribution is 2.30. The molecule has 136 valence electrons. The van der Waals surface area contributed by atoms with E-state index in [9.17, 15) is 4.79 Å². The molecule has 0 aliphatic carbocycles. The van der Waals surface area contributed by atoms with Crippen molar-refractivity contribution in [1.29, 1.82) is 0 Å². The van der Waals surface area contributed by atoms with Gasteiger partial charge in [0.25, 0.3) is 5.91 Å². The van der Waals surface area contributed by atoms with E-state index in [4.69, 9.17) is 4.74 Å². The summed E-state index contributed by atoms with van der Waals surface area (Å²) in [5.74, 6) is 0.977. The number of benzene rings is 1. The number of likely N-dealkylation sites (tertiary alicyclic amines) is 1. The van der Waals surface area contributed by atoms with Gasteiger partial charge >= 0.3 is 0 Å². The summed E-state index contributed by atoms with van der Waals surface area (Å²) in [6.07, 6.45) is 3.38. The van der Waals surface area contributed by atoms with E-state index in [1.165, 1.54) is 6.42 Å². The lowest BCUT2D eigenvalue weighted by molar-refractivity contribution is 0.0565. The average molecular weight is 343 g/mol. The topological polar surface area (TPSA) is 37.7 Å². The van der Waals surface area contributed by atoms with E-state index in [0.717, 1.165) is 53.8 Å². The Morgan fingerprint density at radius 3 is 2.76 bits per heavy atom. The van der Waals surface area contributed by atoms with Crippen LogP contribution in [0.25, 0.3) is 10.9 Å². The van der Waals surface area contributed by atoms with Crippen LogP contribution in [-0.2, 0) is 7.05 Å². The minimum Gasteiger partial charge on any atom is -0.497 e.